The third-order valence-corrected chi connectivity index (χ3v) is 6.09. The third kappa shape index (κ3) is 3.95. The van der Waals surface area contributed by atoms with Gasteiger partial charge in [0.2, 0.25) is 5.91 Å². The summed E-state index contributed by atoms with van der Waals surface area (Å²) in [5, 5.41) is 1.24. The average Bonchev–Trinajstić information content (AvgIpc) is 2.75. The van der Waals surface area contributed by atoms with Crippen molar-refractivity contribution in [1.82, 2.24) is 9.88 Å². The minimum atomic E-state index is -3.09. The topological polar surface area (TPSA) is 70.6 Å². The number of amides is 1. The first kappa shape index (κ1) is 17.0. The molecule has 1 aromatic rings. The molecule has 6 nitrogen and oxygen atoms in total. The number of pyridine rings is 1. The van der Waals surface area contributed by atoms with Gasteiger partial charge in [0.25, 0.3) is 0 Å². The second kappa shape index (κ2) is 6.93. The molecular formula is C17H23N3O3S. The second-order valence-corrected chi connectivity index (χ2v) is 8.44. The quantitative estimate of drug-likeness (QED) is 0.824. The van der Waals surface area contributed by atoms with Crippen molar-refractivity contribution in [2.75, 3.05) is 36.8 Å². The van der Waals surface area contributed by atoms with Crippen LogP contribution >= 0.6 is 0 Å². The molecule has 0 N–H and O–H groups in total. The van der Waals surface area contributed by atoms with E-state index >= 15 is 0 Å². The third-order valence-electron chi connectivity index (χ3n) is 4.62. The van der Waals surface area contributed by atoms with Crippen molar-refractivity contribution >= 4 is 21.4 Å². The van der Waals surface area contributed by atoms with Crippen LogP contribution in [0, 0.1) is 12.8 Å². The van der Waals surface area contributed by atoms with Crippen LogP contribution < -0.4 is 4.90 Å². The number of rotatable bonds is 3. The summed E-state index contributed by atoms with van der Waals surface area (Å²) in [6.07, 6.45) is 6.49. The molecule has 1 saturated heterocycles. The number of aromatic nitrogens is 1. The summed E-state index contributed by atoms with van der Waals surface area (Å²) in [5.41, 5.74) is 2.31. The Bertz CT molecular complexity index is 745. The molecule has 24 heavy (non-hydrogen) atoms. The predicted molar refractivity (Wildman–Crippen MR) is 93.4 cm³/mol. The summed E-state index contributed by atoms with van der Waals surface area (Å²) in [6.45, 7) is 5.14. The van der Waals surface area contributed by atoms with Crippen molar-refractivity contribution in [3.05, 3.63) is 35.5 Å². The summed E-state index contributed by atoms with van der Waals surface area (Å²) in [4.78, 5) is 20.8. The molecule has 130 valence electrons. The Hall–Kier alpha value is -1.89. The molecule has 1 atom stereocenters. The van der Waals surface area contributed by atoms with E-state index in [0.29, 0.717) is 6.54 Å². The number of allylic oxidation sites excluding steroid dienone is 1. The maximum Gasteiger partial charge on any atom is 0.223 e. The highest BCUT2D eigenvalue weighted by Crippen LogP contribution is 2.22. The summed E-state index contributed by atoms with van der Waals surface area (Å²) in [7, 11) is -3.09. The lowest BCUT2D eigenvalue weighted by Gasteiger charge is -2.25. The minimum Gasteiger partial charge on any atom is -0.369 e. The number of carbonyl (C=O) groups is 1. The van der Waals surface area contributed by atoms with Crippen molar-refractivity contribution in [2.24, 2.45) is 5.92 Å². The Kier molecular flexibility index (Phi) is 4.89. The molecule has 0 unspecified atom stereocenters. The Morgan fingerprint density at radius 1 is 1.29 bits per heavy atom. The lowest BCUT2D eigenvalue weighted by Crippen LogP contribution is -2.36. The van der Waals surface area contributed by atoms with Gasteiger partial charge in [0.05, 0.1) is 5.75 Å². The molecular weight excluding hydrogens is 326 g/mol. The Balaban J connectivity index is 1.58. The van der Waals surface area contributed by atoms with E-state index < -0.39 is 9.84 Å². The van der Waals surface area contributed by atoms with Crippen LogP contribution in [0.5, 0.6) is 0 Å². The fraction of sp³-hybridized carbons (Fsp3) is 0.529. The number of carbonyl (C=O) groups excluding carboxylic acids is 1. The van der Waals surface area contributed by atoms with Gasteiger partial charge < -0.3 is 9.80 Å². The monoisotopic (exact) mass is 349 g/mol. The zero-order valence-electron chi connectivity index (χ0n) is 13.9. The van der Waals surface area contributed by atoms with Gasteiger partial charge in [-0.15, -0.1) is 0 Å². The minimum absolute atomic E-state index is 0.0510. The highest BCUT2D eigenvalue weighted by Gasteiger charge is 2.27. The fourth-order valence-electron chi connectivity index (χ4n) is 3.35. The first-order valence-corrected chi connectivity index (χ1v) is 10.0. The summed E-state index contributed by atoms with van der Waals surface area (Å²) in [6, 6.07) is 2.01. The molecule has 3 rings (SSSR count). The van der Waals surface area contributed by atoms with E-state index in [4.69, 9.17) is 0 Å². The highest BCUT2D eigenvalue weighted by atomic mass is 32.2. The van der Waals surface area contributed by atoms with Crippen LogP contribution in [0.1, 0.15) is 18.4 Å². The van der Waals surface area contributed by atoms with Crippen LogP contribution in [0.2, 0.25) is 0 Å². The van der Waals surface area contributed by atoms with E-state index in [1.165, 1.54) is 11.1 Å². The van der Waals surface area contributed by atoms with Crippen molar-refractivity contribution in [3.8, 4) is 0 Å². The van der Waals surface area contributed by atoms with E-state index in [9.17, 15) is 13.2 Å². The molecule has 1 amide bonds. The molecule has 2 aliphatic heterocycles. The van der Waals surface area contributed by atoms with Crippen molar-refractivity contribution < 1.29 is 13.2 Å². The van der Waals surface area contributed by atoms with Crippen molar-refractivity contribution in [2.45, 2.75) is 19.8 Å². The van der Waals surface area contributed by atoms with Gasteiger partial charge in [-0.1, -0.05) is 6.08 Å². The van der Waals surface area contributed by atoms with Gasteiger partial charge in [0, 0.05) is 62.0 Å². The molecule has 1 aromatic heterocycles. The lowest BCUT2D eigenvalue weighted by molar-refractivity contribution is -0.131. The molecule has 0 aromatic carbocycles. The SMILES string of the molecule is Cc1cnccc1N1CCCN(C(=O)C[C@H]2C=CS(=O)(=O)C2)CC1. The normalized spacial score (nSPS) is 23.3. The molecule has 0 saturated carbocycles. The van der Waals surface area contributed by atoms with Gasteiger partial charge in [-0.25, -0.2) is 8.42 Å². The highest BCUT2D eigenvalue weighted by molar-refractivity contribution is 7.94. The van der Waals surface area contributed by atoms with Gasteiger partial charge >= 0.3 is 0 Å². The van der Waals surface area contributed by atoms with Crippen LogP contribution in [-0.4, -0.2) is 56.1 Å². The van der Waals surface area contributed by atoms with Gasteiger partial charge in [-0.2, -0.15) is 0 Å². The molecule has 3 heterocycles. The smallest absolute Gasteiger partial charge is 0.223 e. The first-order valence-electron chi connectivity index (χ1n) is 8.29. The van der Waals surface area contributed by atoms with Crippen molar-refractivity contribution in [1.29, 1.82) is 0 Å². The molecule has 2 aliphatic rings. The van der Waals surface area contributed by atoms with E-state index in [-0.39, 0.29) is 24.0 Å². The molecule has 0 spiro atoms. The predicted octanol–water partition coefficient (Wildman–Crippen LogP) is 1.38. The number of aryl methyl sites for hydroxylation is 1. The van der Waals surface area contributed by atoms with Crippen molar-refractivity contribution in [3.63, 3.8) is 0 Å². The molecule has 0 radical (unpaired) electrons. The van der Waals surface area contributed by atoms with Gasteiger partial charge in [-0.05, 0) is 25.0 Å². The average molecular weight is 349 g/mol. The number of hydrogen-bond acceptors (Lipinski definition) is 5. The Morgan fingerprint density at radius 3 is 2.83 bits per heavy atom. The van der Waals surface area contributed by atoms with E-state index in [0.717, 1.165) is 31.6 Å². The fourth-order valence-corrected chi connectivity index (χ4v) is 4.75. The van der Waals surface area contributed by atoms with Gasteiger partial charge in [-0.3, -0.25) is 9.78 Å². The maximum absolute atomic E-state index is 12.5. The zero-order valence-corrected chi connectivity index (χ0v) is 14.7. The molecule has 1 fully saturated rings. The van der Waals surface area contributed by atoms with Crippen LogP contribution in [0.4, 0.5) is 5.69 Å². The van der Waals surface area contributed by atoms with E-state index in [1.807, 2.05) is 24.1 Å². The van der Waals surface area contributed by atoms with Crippen LogP contribution in [-0.2, 0) is 14.6 Å². The Morgan fingerprint density at radius 2 is 2.12 bits per heavy atom. The number of sulfone groups is 1. The van der Waals surface area contributed by atoms with Gasteiger partial charge in [0.15, 0.2) is 9.84 Å². The maximum atomic E-state index is 12.5. The number of anilines is 1. The molecule has 0 aliphatic carbocycles. The Labute approximate surface area is 143 Å². The summed E-state index contributed by atoms with van der Waals surface area (Å²) < 4.78 is 22.9. The standard InChI is InChI=1S/C17H23N3O3S/c1-14-12-18-5-3-16(14)19-6-2-7-20(9-8-19)17(21)11-15-4-10-24(22,23)13-15/h3-5,10,12,15H,2,6-9,11,13H2,1H3/t15-/m1/s1. The summed E-state index contributed by atoms with van der Waals surface area (Å²) >= 11 is 0. The van der Waals surface area contributed by atoms with E-state index in [1.54, 1.807) is 12.3 Å². The van der Waals surface area contributed by atoms with Crippen LogP contribution in [0.15, 0.2) is 29.9 Å². The largest absolute Gasteiger partial charge is 0.369 e. The van der Waals surface area contributed by atoms with Crippen LogP contribution in [0.25, 0.3) is 0 Å². The second-order valence-electron chi connectivity index (χ2n) is 6.51. The number of nitrogens with zero attached hydrogens (tertiary/aromatic N) is 3. The summed E-state index contributed by atoms with van der Waals surface area (Å²) in [5.74, 6) is -0.0612. The molecule has 7 heteroatoms. The van der Waals surface area contributed by atoms with Gasteiger partial charge in [0.1, 0.15) is 0 Å². The number of hydrogen-bond donors (Lipinski definition) is 0. The van der Waals surface area contributed by atoms with E-state index in [2.05, 4.69) is 9.88 Å². The zero-order chi connectivity index (χ0) is 17.2. The lowest BCUT2D eigenvalue weighted by atomic mass is 10.1. The first-order chi connectivity index (χ1) is 11.4. The van der Waals surface area contributed by atoms with Crippen LogP contribution in [0.3, 0.4) is 0 Å². The molecule has 0 bridgehead atoms.